The van der Waals surface area contributed by atoms with Gasteiger partial charge in [-0.05, 0) is 62.8 Å². The largest absolute Gasteiger partial charge is 0.494 e. The van der Waals surface area contributed by atoms with Crippen LogP contribution in [0.3, 0.4) is 0 Å². The molecule has 0 aromatic heterocycles. The van der Waals surface area contributed by atoms with Gasteiger partial charge in [0.2, 0.25) is 0 Å². The van der Waals surface area contributed by atoms with Gasteiger partial charge in [0.05, 0.1) is 26.2 Å². The van der Waals surface area contributed by atoms with Gasteiger partial charge in [0.1, 0.15) is 5.75 Å². The maximum absolute atomic E-state index is 6.16. The number of hydrogen-bond acceptors (Lipinski definition) is 1. The van der Waals surface area contributed by atoms with Crippen LogP contribution in [0.2, 0.25) is 5.02 Å². The Morgan fingerprint density at radius 3 is 2.29 bits per heavy atom. The van der Waals surface area contributed by atoms with E-state index in [0.717, 1.165) is 34.9 Å². The van der Waals surface area contributed by atoms with E-state index in [1.54, 1.807) is 0 Å². The van der Waals surface area contributed by atoms with E-state index < -0.39 is 0 Å². The topological polar surface area (TPSA) is 13.7 Å². The highest BCUT2D eigenvalue weighted by molar-refractivity contribution is 6.32. The lowest BCUT2D eigenvalue weighted by Crippen LogP contribution is -3.09. The molecule has 0 bridgehead atoms. The number of rotatable bonds is 8. The molecule has 0 radical (unpaired) electrons. The molecular weight excluding hydrogens is 282 g/mol. The lowest BCUT2D eigenvalue weighted by atomic mass is 10.1. The molecule has 1 heterocycles. The van der Waals surface area contributed by atoms with E-state index in [4.69, 9.17) is 16.3 Å². The number of ether oxygens (including phenoxy) is 1. The third-order valence-electron chi connectivity index (χ3n) is 4.41. The van der Waals surface area contributed by atoms with Crippen LogP contribution < -0.4 is 9.64 Å². The fourth-order valence-electron chi connectivity index (χ4n) is 3.14. The molecule has 2 nitrogen and oxygen atoms in total. The zero-order valence-electron chi connectivity index (χ0n) is 13.5. The molecule has 0 saturated carbocycles. The minimum Gasteiger partial charge on any atom is -0.494 e. The van der Waals surface area contributed by atoms with Crippen LogP contribution in [0.1, 0.15) is 49.7 Å². The third kappa shape index (κ3) is 5.52. The van der Waals surface area contributed by atoms with Crippen LogP contribution in [0.25, 0.3) is 0 Å². The van der Waals surface area contributed by atoms with Crippen LogP contribution in [-0.2, 0) is 0 Å². The highest BCUT2D eigenvalue weighted by Crippen LogP contribution is 2.25. The Labute approximate surface area is 134 Å². The van der Waals surface area contributed by atoms with Gasteiger partial charge in [0.25, 0.3) is 0 Å². The summed E-state index contributed by atoms with van der Waals surface area (Å²) in [6.45, 7) is 9.05. The summed E-state index contributed by atoms with van der Waals surface area (Å²) in [5.41, 5.74) is 2.19. The molecule has 0 unspecified atom stereocenters. The molecular formula is C18H29ClNO+. The van der Waals surface area contributed by atoms with Crippen molar-refractivity contribution in [1.29, 1.82) is 0 Å². The molecule has 1 aromatic rings. The number of quaternary nitrogens is 1. The van der Waals surface area contributed by atoms with Gasteiger partial charge >= 0.3 is 0 Å². The van der Waals surface area contributed by atoms with Crippen molar-refractivity contribution in [2.24, 2.45) is 0 Å². The second-order valence-corrected chi connectivity index (χ2v) is 6.72. The molecule has 118 valence electrons. The number of aryl methyl sites for hydroxylation is 2. The molecule has 3 heteroatoms. The van der Waals surface area contributed by atoms with Gasteiger partial charge in [-0.25, -0.2) is 0 Å². The number of nitrogens with one attached hydrogen (secondary N) is 1. The van der Waals surface area contributed by atoms with Gasteiger partial charge in [-0.15, -0.1) is 0 Å². The smallest absolute Gasteiger partial charge is 0.119 e. The molecule has 1 aliphatic rings. The summed E-state index contributed by atoms with van der Waals surface area (Å²) in [6, 6.07) is 4.07. The summed E-state index contributed by atoms with van der Waals surface area (Å²) in [7, 11) is 0. The Bertz CT molecular complexity index is 418. The van der Waals surface area contributed by atoms with Crippen LogP contribution in [0, 0.1) is 13.8 Å². The third-order valence-corrected chi connectivity index (χ3v) is 5.01. The van der Waals surface area contributed by atoms with E-state index in [-0.39, 0.29) is 0 Å². The molecule has 1 aliphatic heterocycles. The van der Waals surface area contributed by atoms with Gasteiger partial charge in [-0.1, -0.05) is 11.6 Å². The first kappa shape index (κ1) is 16.6. The summed E-state index contributed by atoms with van der Waals surface area (Å²) < 4.78 is 5.84. The number of likely N-dealkylation sites (tertiary alicyclic amines) is 1. The van der Waals surface area contributed by atoms with Crippen molar-refractivity contribution >= 4 is 11.6 Å². The van der Waals surface area contributed by atoms with Crippen LogP contribution in [0.15, 0.2) is 12.1 Å². The quantitative estimate of drug-likeness (QED) is 0.725. The van der Waals surface area contributed by atoms with Crippen molar-refractivity contribution < 1.29 is 9.64 Å². The number of benzene rings is 1. The Hall–Kier alpha value is -0.730. The minimum absolute atomic E-state index is 0.817. The monoisotopic (exact) mass is 310 g/mol. The fraction of sp³-hybridized carbons (Fsp3) is 0.667. The second kappa shape index (κ2) is 8.65. The molecule has 0 aliphatic carbocycles. The van der Waals surface area contributed by atoms with Crippen molar-refractivity contribution in [3.05, 3.63) is 28.3 Å². The maximum Gasteiger partial charge on any atom is 0.119 e. The van der Waals surface area contributed by atoms with Crippen LogP contribution in [-0.4, -0.2) is 26.2 Å². The Balaban J connectivity index is 1.55. The van der Waals surface area contributed by atoms with Crippen molar-refractivity contribution in [2.45, 2.75) is 52.4 Å². The van der Waals surface area contributed by atoms with Crippen LogP contribution in [0.4, 0.5) is 0 Å². The summed E-state index contributed by atoms with van der Waals surface area (Å²) in [5.74, 6) is 0.955. The molecule has 0 atom stereocenters. The number of halogens is 1. The van der Waals surface area contributed by atoms with Gasteiger partial charge in [-0.3, -0.25) is 0 Å². The number of unbranched alkanes of at least 4 members (excludes halogenated alkanes) is 3. The summed E-state index contributed by atoms with van der Waals surface area (Å²) in [5, 5.41) is 0.853. The lowest BCUT2D eigenvalue weighted by molar-refractivity contribution is -0.887. The van der Waals surface area contributed by atoms with E-state index in [1.165, 1.54) is 51.7 Å². The first-order valence-electron chi connectivity index (χ1n) is 8.40. The fourth-order valence-corrected chi connectivity index (χ4v) is 3.24. The highest BCUT2D eigenvalue weighted by atomic mass is 35.5. The molecule has 1 fully saturated rings. The van der Waals surface area contributed by atoms with E-state index in [1.807, 2.05) is 30.9 Å². The molecule has 1 saturated heterocycles. The van der Waals surface area contributed by atoms with Crippen molar-refractivity contribution in [3.8, 4) is 5.75 Å². The Morgan fingerprint density at radius 1 is 1.00 bits per heavy atom. The first-order valence-corrected chi connectivity index (χ1v) is 8.78. The zero-order chi connectivity index (χ0) is 15.1. The molecule has 0 amide bonds. The van der Waals surface area contributed by atoms with Crippen molar-refractivity contribution in [1.82, 2.24) is 0 Å². The van der Waals surface area contributed by atoms with Gasteiger partial charge < -0.3 is 9.64 Å². The molecule has 2 rings (SSSR count). The Morgan fingerprint density at radius 2 is 1.62 bits per heavy atom. The average molecular weight is 311 g/mol. The molecule has 0 spiro atoms. The van der Waals surface area contributed by atoms with Gasteiger partial charge in [0, 0.05) is 17.9 Å². The van der Waals surface area contributed by atoms with E-state index in [2.05, 4.69) is 0 Å². The second-order valence-electron chi connectivity index (χ2n) is 6.34. The van der Waals surface area contributed by atoms with E-state index in [9.17, 15) is 0 Å². The molecule has 1 aromatic carbocycles. The van der Waals surface area contributed by atoms with E-state index >= 15 is 0 Å². The Kier molecular flexibility index (Phi) is 6.85. The standard InChI is InChI=1S/C18H28ClNO/c1-15-13-17(14-16(2)18(15)19)21-12-8-4-3-5-9-20-10-6-7-11-20/h13-14H,3-12H2,1-2H3/p+1. The highest BCUT2D eigenvalue weighted by Gasteiger charge is 2.13. The molecule has 21 heavy (non-hydrogen) atoms. The van der Waals surface area contributed by atoms with Crippen LogP contribution in [0.5, 0.6) is 5.75 Å². The molecule has 1 N–H and O–H groups in total. The summed E-state index contributed by atoms with van der Waals surface area (Å²) >= 11 is 6.16. The van der Waals surface area contributed by atoms with Crippen molar-refractivity contribution in [2.75, 3.05) is 26.2 Å². The number of hydrogen-bond donors (Lipinski definition) is 1. The van der Waals surface area contributed by atoms with Gasteiger partial charge in [0.15, 0.2) is 0 Å². The average Bonchev–Trinajstić information content (AvgIpc) is 2.97. The summed E-state index contributed by atoms with van der Waals surface area (Å²) in [6.07, 6.45) is 8.00. The van der Waals surface area contributed by atoms with Gasteiger partial charge in [-0.2, -0.15) is 0 Å². The minimum atomic E-state index is 0.817. The first-order chi connectivity index (χ1) is 10.2. The normalized spacial score (nSPS) is 15.6. The lowest BCUT2D eigenvalue weighted by Gasteiger charge is -2.12. The predicted octanol–water partition coefficient (Wildman–Crippen LogP) is 3.57. The predicted molar refractivity (Wildman–Crippen MR) is 89.7 cm³/mol. The zero-order valence-corrected chi connectivity index (χ0v) is 14.3. The van der Waals surface area contributed by atoms with Crippen molar-refractivity contribution in [3.63, 3.8) is 0 Å². The maximum atomic E-state index is 6.16. The SMILES string of the molecule is Cc1cc(OCCCCCC[NH+]2CCCC2)cc(C)c1Cl. The van der Waals surface area contributed by atoms with E-state index in [0.29, 0.717) is 0 Å². The summed E-state index contributed by atoms with van der Waals surface area (Å²) in [4.78, 5) is 1.82. The van der Waals surface area contributed by atoms with Crippen LogP contribution >= 0.6 is 11.6 Å².